The van der Waals surface area contributed by atoms with Gasteiger partial charge in [0.2, 0.25) is 5.91 Å². The largest absolute Gasteiger partial charge is 0.394 e. The molecule has 0 spiro atoms. The molecular formula is C10H20N2O3. The highest BCUT2D eigenvalue weighted by Crippen LogP contribution is 2.15. The van der Waals surface area contributed by atoms with E-state index in [0.717, 1.165) is 13.1 Å². The number of rotatable bonds is 5. The normalized spacial score (nSPS) is 27.7. The summed E-state index contributed by atoms with van der Waals surface area (Å²) in [4.78, 5) is 11.8. The molecule has 0 aromatic carbocycles. The second kappa shape index (κ2) is 6.05. The van der Waals surface area contributed by atoms with E-state index < -0.39 is 0 Å². The Morgan fingerprint density at radius 3 is 2.87 bits per heavy atom. The summed E-state index contributed by atoms with van der Waals surface area (Å²) in [6.45, 7) is 3.91. The highest BCUT2D eigenvalue weighted by molar-refractivity contribution is 5.79. The predicted octanol–water partition coefficient (Wildman–Crippen LogP) is -1.03. The van der Waals surface area contributed by atoms with Crippen LogP contribution in [0.1, 0.15) is 6.92 Å². The number of carbonyl (C=O) groups excluding carboxylic acids is 1. The van der Waals surface area contributed by atoms with E-state index in [-0.39, 0.29) is 24.5 Å². The molecule has 1 rings (SSSR count). The quantitative estimate of drug-likeness (QED) is 0.549. The van der Waals surface area contributed by atoms with Crippen molar-refractivity contribution in [2.24, 2.45) is 11.8 Å². The predicted molar refractivity (Wildman–Crippen MR) is 56.4 cm³/mol. The second-order valence-electron chi connectivity index (χ2n) is 4.09. The molecule has 1 amide bonds. The number of ether oxygens (including phenoxy) is 1. The van der Waals surface area contributed by atoms with Gasteiger partial charge in [0.25, 0.3) is 0 Å². The van der Waals surface area contributed by atoms with Crippen molar-refractivity contribution in [3.05, 3.63) is 0 Å². The standard InChI is InChI=1S/C10H20N2O3/c1-7-3-11-4-9(7)10(14)12-8(5-13)6-15-2/h7-9,11,13H,3-6H2,1-2H3,(H,12,14)/t7-,8?,9-/m1/s1. The fourth-order valence-electron chi connectivity index (χ4n) is 1.81. The first-order valence-corrected chi connectivity index (χ1v) is 5.30. The Kier molecular flexibility index (Phi) is 5.01. The first-order valence-electron chi connectivity index (χ1n) is 5.30. The van der Waals surface area contributed by atoms with Crippen molar-refractivity contribution in [3.8, 4) is 0 Å². The summed E-state index contributed by atoms with van der Waals surface area (Å²) >= 11 is 0. The van der Waals surface area contributed by atoms with Gasteiger partial charge in [0.15, 0.2) is 0 Å². The highest BCUT2D eigenvalue weighted by atomic mass is 16.5. The van der Waals surface area contributed by atoms with Gasteiger partial charge in [0.1, 0.15) is 0 Å². The number of hydrogen-bond donors (Lipinski definition) is 3. The summed E-state index contributed by atoms with van der Waals surface area (Å²) < 4.78 is 4.89. The van der Waals surface area contributed by atoms with Crippen LogP contribution in [-0.4, -0.2) is 50.5 Å². The lowest BCUT2D eigenvalue weighted by Crippen LogP contribution is -2.45. The van der Waals surface area contributed by atoms with Crippen LogP contribution in [0.4, 0.5) is 0 Å². The third-order valence-electron chi connectivity index (χ3n) is 2.79. The van der Waals surface area contributed by atoms with Crippen molar-refractivity contribution in [3.63, 3.8) is 0 Å². The van der Waals surface area contributed by atoms with Crippen LogP contribution in [0.5, 0.6) is 0 Å². The molecule has 0 saturated carbocycles. The molecule has 0 aromatic rings. The second-order valence-corrected chi connectivity index (χ2v) is 4.09. The summed E-state index contributed by atoms with van der Waals surface area (Å²) in [6, 6.07) is -0.296. The molecule has 1 aliphatic rings. The van der Waals surface area contributed by atoms with Gasteiger partial charge >= 0.3 is 0 Å². The van der Waals surface area contributed by atoms with Crippen molar-refractivity contribution in [1.82, 2.24) is 10.6 Å². The van der Waals surface area contributed by atoms with Crippen LogP contribution in [0.2, 0.25) is 0 Å². The topological polar surface area (TPSA) is 70.6 Å². The zero-order valence-electron chi connectivity index (χ0n) is 9.32. The van der Waals surface area contributed by atoms with Crippen molar-refractivity contribution in [2.45, 2.75) is 13.0 Å². The van der Waals surface area contributed by atoms with E-state index in [1.54, 1.807) is 7.11 Å². The fourth-order valence-corrected chi connectivity index (χ4v) is 1.81. The summed E-state index contributed by atoms with van der Waals surface area (Å²) in [6.07, 6.45) is 0. The molecule has 1 unspecified atom stereocenters. The molecule has 1 fully saturated rings. The Morgan fingerprint density at radius 2 is 2.40 bits per heavy atom. The Bertz CT molecular complexity index is 211. The number of amides is 1. The summed E-state index contributed by atoms with van der Waals surface area (Å²) in [5, 5.41) is 15.0. The Balaban J connectivity index is 2.39. The third-order valence-corrected chi connectivity index (χ3v) is 2.79. The molecule has 0 aliphatic carbocycles. The van der Waals surface area contributed by atoms with Crippen LogP contribution < -0.4 is 10.6 Å². The SMILES string of the molecule is COCC(CO)NC(=O)[C@@H]1CNC[C@H]1C. The average Bonchev–Trinajstić information content (AvgIpc) is 2.63. The molecule has 5 nitrogen and oxygen atoms in total. The van der Waals surface area contributed by atoms with E-state index in [1.165, 1.54) is 0 Å². The smallest absolute Gasteiger partial charge is 0.225 e. The maximum Gasteiger partial charge on any atom is 0.225 e. The zero-order valence-corrected chi connectivity index (χ0v) is 9.32. The first-order chi connectivity index (χ1) is 7.19. The van der Waals surface area contributed by atoms with Crippen molar-refractivity contribution < 1.29 is 14.6 Å². The van der Waals surface area contributed by atoms with Gasteiger partial charge in [-0.2, -0.15) is 0 Å². The van der Waals surface area contributed by atoms with Gasteiger partial charge in [-0.05, 0) is 12.5 Å². The third kappa shape index (κ3) is 3.44. The van der Waals surface area contributed by atoms with Gasteiger partial charge in [0, 0.05) is 13.7 Å². The molecule has 5 heteroatoms. The summed E-state index contributed by atoms with van der Waals surface area (Å²) in [7, 11) is 1.55. The van der Waals surface area contributed by atoms with E-state index in [1.807, 2.05) is 0 Å². The Hall–Kier alpha value is -0.650. The Morgan fingerprint density at radius 1 is 1.67 bits per heavy atom. The van der Waals surface area contributed by atoms with Crippen LogP contribution >= 0.6 is 0 Å². The van der Waals surface area contributed by atoms with Crippen molar-refractivity contribution in [1.29, 1.82) is 0 Å². The van der Waals surface area contributed by atoms with Gasteiger partial charge in [-0.3, -0.25) is 4.79 Å². The van der Waals surface area contributed by atoms with Gasteiger partial charge in [-0.1, -0.05) is 6.92 Å². The molecule has 1 heterocycles. The number of methoxy groups -OCH3 is 1. The number of aliphatic hydroxyl groups is 1. The van der Waals surface area contributed by atoms with Crippen molar-refractivity contribution in [2.75, 3.05) is 33.4 Å². The van der Waals surface area contributed by atoms with Crippen LogP contribution in [0.3, 0.4) is 0 Å². The minimum atomic E-state index is -0.296. The molecule has 88 valence electrons. The fraction of sp³-hybridized carbons (Fsp3) is 0.900. The van der Waals surface area contributed by atoms with Crippen LogP contribution in [0.15, 0.2) is 0 Å². The number of nitrogens with one attached hydrogen (secondary N) is 2. The average molecular weight is 216 g/mol. The first kappa shape index (κ1) is 12.4. The zero-order chi connectivity index (χ0) is 11.3. The molecular weight excluding hydrogens is 196 g/mol. The molecule has 0 radical (unpaired) electrons. The lowest BCUT2D eigenvalue weighted by atomic mass is 9.97. The van der Waals surface area contributed by atoms with Crippen LogP contribution in [0.25, 0.3) is 0 Å². The number of hydrogen-bond acceptors (Lipinski definition) is 4. The molecule has 0 bridgehead atoms. The van der Waals surface area contributed by atoms with Crippen LogP contribution in [-0.2, 0) is 9.53 Å². The monoisotopic (exact) mass is 216 g/mol. The molecule has 15 heavy (non-hydrogen) atoms. The lowest BCUT2D eigenvalue weighted by molar-refractivity contribution is -0.126. The molecule has 0 aromatic heterocycles. The van der Waals surface area contributed by atoms with Gasteiger partial charge in [-0.15, -0.1) is 0 Å². The number of carbonyl (C=O) groups is 1. The minimum absolute atomic E-state index is 0.00333. The lowest BCUT2D eigenvalue weighted by Gasteiger charge is -2.19. The summed E-state index contributed by atoms with van der Waals surface area (Å²) in [5.41, 5.74) is 0. The maximum atomic E-state index is 11.8. The van der Waals surface area contributed by atoms with Gasteiger partial charge in [0.05, 0.1) is 25.2 Å². The van der Waals surface area contributed by atoms with Gasteiger partial charge < -0.3 is 20.5 Å². The molecule has 3 N–H and O–H groups in total. The van der Waals surface area contributed by atoms with Crippen molar-refractivity contribution >= 4 is 5.91 Å². The van der Waals surface area contributed by atoms with E-state index in [9.17, 15) is 4.79 Å². The van der Waals surface area contributed by atoms with E-state index in [2.05, 4.69) is 17.6 Å². The molecule has 1 saturated heterocycles. The van der Waals surface area contributed by atoms with E-state index in [0.29, 0.717) is 12.5 Å². The van der Waals surface area contributed by atoms with E-state index >= 15 is 0 Å². The summed E-state index contributed by atoms with van der Waals surface area (Å²) in [5.74, 6) is 0.367. The Labute approximate surface area is 90.2 Å². The van der Waals surface area contributed by atoms with Gasteiger partial charge in [-0.25, -0.2) is 0 Å². The highest BCUT2D eigenvalue weighted by Gasteiger charge is 2.30. The minimum Gasteiger partial charge on any atom is -0.394 e. The maximum absolute atomic E-state index is 11.8. The number of aliphatic hydroxyl groups excluding tert-OH is 1. The molecule has 1 aliphatic heterocycles. The van der Waals surface area contributed by atoms with E-state index in [4.69, 9.17) is 9.84 Å². The molecule has 3 atom stereocenters. The van der Waals surface area contributed by atoms with Crippen LogP contribution in [0, 0.1) is 11.8 Å².